The highest BCUT2D eigenvalue weighted by Crippen LogP contribution is 2.47. The Morgan fingerprint density at radius 1 is 0.667 bits per heavy atom. The molecular formula is C20H17O3P. The van der Waals surface area contributed by atoms with E-state index in [4.69, 9.17) is 9.47 Å². The second-order valence-corrected chi connectivity index (χ2v) is 8.31. The Labute approximate surface area is 141 Å². The molecule has 1 aliphatic heterocycles. The van der Waals surface area contributed by atoms with Crippen LogP contribution in [0.2, 0.25) is 0 Å². The lowest BCUT2D eigenvalue weighted by Gasteiger charge is -2.26. The van der Waals surface area contributed by atoms with E-state index in [0.717, 1.165) is 10.6 Å². The number of benzene rings is 3. The molecule has 4 heteroatoms. The first-order valence-corrected chi connectivity index (χ1v) is 9.61. The van der Waals surface area contributed by atoms with Crippen molar-refractivity contribution >= 4 is 23.1 Å². The van der Waals surface area contributed by atoms with Gasteiger partial charge in [-0.1, -0.05) is 66.7 Å². The minimum absolute atomic E-state index is 0.466. The molecule has 3 aromatic rings. The number of ether oxygens (including phenoxy) is 2. The molecule has 3 nitrogen and oxygen atoms in total. The fourth-order valence-corrected chi connectivity index (χ4v) is 5.80. The maximum absolute atomic E-state index is 14.4. The van der Waals surface area contributed by atoms with Crippen molar-refractivity contribution in [3.8, 4) is 11.5 Å². The van der Waals surface area contributed by atoms with Crippen LogP contribution in [0.1, 0.15) is 0 Å². The van der Waals surface area contributed by atoms with Crippen molar-refractivity contribution in [2.24, 2.45) is 0 Å². The number of hydrogen-bond donors (Lipinski definition) is 0. The summed E-state index contributed by atoms with van der Waals surface area (Å²) in [4.78, 5) is 0. The smallest absolute Gasteiger partial charge is 0.174 e. The van der Waals surface area contributed by atoms with E-state index in [1.165, 1.54) is 0 Å². The molecule has 0 fully saturated rings. The van der Waals surface area contributed by atoms with Crippen molar-refractivity contribution in [1.82, 2.24) is 0 Å². The van der Waals surface area contributed by atoms with E-state index in [-0.39, 0.29) is 0 Å². The maximum atomic E-state index is 14.4. The third kappa shape index (κ3) is 2.42. The first-order chi connectivity index (χ1) is 11.8. The van der Waals surface area contributed by atoms with Gasteiger partial charge in [0.1, 0.15) is 13.2 Å². The van der Waals surface area contributed by atoms with Gasteiger partial charge in [-0.3, -0.25) is 0 Å². The molecule has 120 valence electrons. The number of hydrogen-bond acceptors (Lipinski definition) is 3. The molecule has 0 atom stereocenters. The highest BCUT2D eigenvalue weighted by atomic mass is 31.2. The Balaban J connectivity index is 2.01. The zero-order chi connectivity index (χ0) is 16.4. The van der Waals surface area contributed by atoms with Crippen LogP contribution in [0.3, 0.4) is 0 Å². The van der Waals surface area contributed by atoms with E-state index in [9.17, 15) is 4.57 Å². The third-order valence-corrected chi connectivity index (χ3v) is 7.21. The van der Waals surface area contributed by atoms with Crippen LogP contribution in [-0.2, 0) is 4.57 Å². The van der Waals surface area contributed by atoms with Gasteiger partial charge in [0, 0.05) is 10.6 Å². The summed E-state index contributed by atoms with van der Waals surface area (Å²) in [5, 5.41) is 2.27. The molecule has 0 radical (unpaired) electrons. The number of rotatable bonds is 3. The highest BCUT2D eigenvalue weighted by molar-refractivity contribution is 7.85. The van der Waals surface area contributed by atoms with Crippen molar-refractivity contribution in [2.75, 3.05) is 13.2 Å². The predicted octanol–water partition coefficient (Wildman–Crippen LogP) is 3.10. The Morgan fingerprint density at radius 2 is 1.25 bits per heavy atom. The summed E-state index contributed by atoms with van der Waals surface area (Å²) in [5.41, 5.74) is 0. The SMILES string of the molecule is O=P(c1ccccc1)(c1ccccc1)c1cccc2c1OCCO2. The molecule has 0 saturated heterocycles. The van der Waals surface area contributed by atoms with Gasteiger partial charge in [-0.15, -0.1) is 0 Å². The van der Waals surface area contributed by atoms with E-state index in [1.807, 2.05) is 78.9 Å². The van der Waals surface area contributed by atoms with Crippen LogP contribution in [0.4, 0.5) is 0 Å². The molecule has 0 spiro atoms. The van der Waals surface area contributed by atoms with Crippen LogP contribution in [0.25, 0.3) is 0 Å². The lowest BCUT2D eigenvalue weighted by Crippen LogP contribution is -2.28. The van der Waals surface area contributed by atoms with Crippen LogP contribution >= 0.6 is 7.14 Å². The molecule has 24 heavy (non-hydrogen) atoms. The van der Waals surface area contributed by atoms with E-state index in [0.29, 0.717) is 30.0 Å². The summed E-state index contributed by atoms with van der Waals surface area (Å²) in [6, 6.07) is 24.8. The third-order valence-electron chi connectivity index (χ3n) is 4.12. The molecule has 0 saturated carbocycles. The Bertz CT molecular complexity index is 848. The molecule has 4 rings (SSSR count). The molecule has 0 unspecified atom stereocenters. The van der Waals surface area contributed by atoms with Gasteiger partial charge in [0.15, 0.2) is 18.6 Å². The fourth-order valence-electron chi connectivity index (χ4n) is 3.01. The first-order valence-electron chi connectivity index (χ1n) is 7.90. The van der Waals surface area contributed by atoms with Gasteiger partial charge in [-0.05, 0) is 12.1 Å². The second kappa shape index (κ2) is 6.18. The molecule has 1 aliphatic rings. The second-order valence-electron chi connectivity index (χ2n) is 5.58. The van der Waals surface area contributed by atoms with Crippen LogP contribution < -0.4 is 25.4 Å². The van der Waals surface area contributed by atoms with Gasteiger partial charge in [0.2, 0.25) is 0 Å². The Morgan fingerprint density at radius 3 is 1.88 bits per heavy atom. The molecule has 3 aromatic carbocycles. The minimum Gasteiger partial charge on any atom is -0.486 e. The normalized spacial score (nSPS) is 13.5. The Hall–Kier alpha value is -2.51. The van der Waals surface area contributed by atoms with E-state index in [1.54, 1.807) is 0 Å². The predicted molar refractivity (Wildman–Crippen MR) is 96.8 cm³/mol. The standard InChI is InChI=1S/C20H17O3P/c21-24(16-8-3-1-4-9-16,17-10-5-2-6-11-17)19-13-7-12-18-20(19)23-15-14-22-18/h1-13H,14-15H2. The van der Waals surface area contributed by atoms with Gasteiger partial charge in [0.25, 0.3) is 0 Å². The van der Waals surface area contributed by atoms with Gasteiger partial charge < -0.3 is 14.0 Å². The zero-order valence-corrected chi connectivity index (χ0v) is 14.0. The van der Waals surface area contributed by atoms with Crippen LogP contribution in [0, 0.1) is 0 Å². The molecule has 0 bridgehead atoms. The van der Waals surface area contributed by atoms with Crippen molar-refractivity contribution in [3.63, 3.8) is 0 Å². The summed E-state index contributed by atoms with van der Waals surface area (Å²) in [6.07, 6.45) is 0. The van der Waals surface area contributed by atoms with E-state index < -0.39 is 7.14 Å². The fraction of sp³-hybridized carbons (Fsp3) is 0.100. The molecule has 0 aromatic heterocycles. The monoisotopic (exact) mass is 336 g/mol. The average molecular weight is 336 g/mol. The zero-order valence-electron chi connectivity index (χ0n) is 13.1. The average Bonchev–Trinajstić information content (AvgIpc) is 2.68. The quantitative estimate of drug-likeness (QED) is 0.690. The van der Waals surface area contributed by atoms with E-state index >= 15 is 0 Å². The number of para-hydroxylation sites is 1. The van der Waals surface area contributed by atoms with Gasteiger partial charge in [-0.25, -0.2) is 0 Å². The van der Waals surface area contributed by atoms with Crippen LogP contribution in [-0.4, -0.2) is 13.2 Å². The van der Waals surface area contributed by atoms with Gasteiger partial charge in [-0.2, -0.15) is 0 Å². The Kier molecular flexibility index (Phi) is 3.87. The largest absolute Gasteiger partial charge is 0.486 e. The molecule has 0 amide bonds. The first kappa shape index (κ1) is 15.0. The summed E-state index contributed by atoms with van der Waals surface area (Å²) in [6.45, 7) is 0.977. The van der Waals surface area contributed by atoms with E-state index in [2.05, 4.69) is 0 Å². The molecule has 0 aliphatic carbocycles. The molecular weight excluding hydrogens is 319 g/mol. The van der Waals surface area contributed by atoms with Gasteiger partial charge >= 0.3 is 0 Å². The maximum Gasteiger partial charge on any atom is 0.174 e. The van der Waals surface area contributed by atoms with Crippen molar-refractivity contribution in [1.29, 1.82) is 0 Å². The summed E-state index contributed by atoms with van der Waals surface area (Å²) in [7, 11) is -3.04. The highest BCUT2D eigenvalue weighted by Gasteiger charge is 2.34. The lowest BCUT2D eigenvalue weighted by molar-refractivity contribution is 0.173. The topological polar surface area (TPSA) is 35.5 Å². The van der Waals surface area contributed by atoms with Crippen molar-refractivity contribution in [2.45, 2.75) is 0 Å². The summed E-state index contributed by atoms with van der Waals surface area (Å²) in [5.74, 6) is 1.26. The van der Waals surface area contributed by atoms with Crippen molar-refractivity contribution in [3.05, 3.63) is 78.9 Å². The number of fused-ring (bicyclic) bond motifs is 1. The summed E-state index contributed by atoms with van der Waals surface area (Å²) < 4.78 is 25.9. The summed E-state index contributed by atoms with van der Waals surface area (Å²) >= 11 is 0. The van der Waals surface area contributed by atoms with Crippen LogP contribution in [0.15, 0.2) is 78.9 Å². The molecule has 1 heterocycles. The van der Waals surface area contributed by atoms with Gasteiger partial charge in [0.05, 0.1) is 5.30 Å². The minimum atomic E-state index is -3.04. The van der Waals surface area contributed by atoms with Crippen LogP contribution in [0.5, 0.6) is 11.5 Å². The molecule has 0 N–H and O–H groups in total. The van der Waals surface area contributed by atoms with Crippen molar-refractivity contribution < 1.29 is 14.0 Å². The lowest BCUT2D eigenvalue weighted by atomic mass is 10.3.